The van der Waals surface area contributed by atoms with Crippen LogP contribution in [0.5, 0.6) is 0 Å². The highest BCUT2D eigenvalue weighted by molar-refractivity contribution is 7.89. The highest BCUT2D eigenvalue weighted by Gasteiger charge is 2.15. The highest BCUT2D eigenvalue weighted by Crippen LogP contribution is 2.25. The third-order valence-electron chi connectivity index (χ3n) is 4.91. The molecule has 0 bridgehead atoms. The fourth-order valence-electron chi connectivity index (χ4n) is 3.10. The maximum atomic E-state index is 12.3. The van der Waals surface area contributed by atoms with E-state index in [1.807, 2.05) is 48.0 Å². The normalized spacial score (nSPS) is 11.3. The van der Waals surface area contributed by atoms with Crippen LogP contribution in [0.15, 0.2) is 72.3 Å². The van der Waals surface area contributed by atoms with Crippen molar-refractivity contribution in [2.75, 3.05) is 17.7 Å². The largest absolute Gasteiger partial charge is 0.340 e. The maximum absolute atomic E-state index is 12.3. The lowest BCUT2D eigenvalue weighted by atomic mass is 10.2. The lowest BCUT2D eigenvalue weighted by molar-refractivity contribution is 0.587. The van der Waals surface area contributed by atoms with Crippen molar-refractivity contribution in [3.63, 3.8) is 0 Å². The first-order valence-corrected chi connectivity index (χ1v) is 11.3. The Kier molecular flexibility index (Phi) is 5.89. The van der Waals surface area contributed by atoms with Gasteiger partial charge >= 0.3 is 0 Å². The van der Waals surface area contributed by atoms with Gasteiger partial charge in [0.15, 0.2) is 0 Å². The highest BCUT2D eigenvalue weighted by atomic mass is 32.2. The van der Waals surface area contributed by atoms with Crippen LogP contribution in [0.3, 0.4) is 0 Å². The van der Waals surface area contributed by atoms with E-state index in [1.165, 1.54) is 7.05 Å². The second-order valence-corrected chi connectivity index (χ2v) is 9.03. The number of imidazole rings is 1. The van der Waals surface area contributed by atoms with Crippen molar-refractivity contribution >= 4 is 33.2 Å². The second-order valence-electron chi connectivity index (χ2n) is 7.18. The minimum Gasteiger partial charge on any atom is -0.340 e. The fourth-order valence-corrected chi connectivity index (χ4v) is 4.09. The maximum Gasteiger partial charge on any atom is 0.240 e. The van der Waals surface area contributed by atoms with Gasteiger partial charge in [0.2, 0.25) is 16.0 Å². The number of hydrogen-bond acceptors (Lipinski definition) is 7. The minimum absolute atomic E-state index is 0.216. The van der Waals surface area contributed by atoms with Crippen LogP contribution in [0.25, 0.3) is 5.69 Å². The van der Waals surface area contributed by atoms with E-state index in [1.54, 1.807) is 37.8 Å². The fraction of sp³-hybridized carbons (Fsp3) is 0.136. The van der Waals surface area contributed by atoms with Crippen molar-refractivity contribution < 1.29 is 8.42 Å². The zero-order valence-electron chi connectivity index (χ0n) is 17.9. The molecule has 3 N–H and O–H groups in total. The molecule has 0 radical (unpaired) electrons. The van der Waals surface area contributed by atoms with Crippen LogP contribution in [-0.2, 0) is 10.0 Å². The summed E-state index contributed by atoms with van der Waals surface area (Å²) in [7, 11) is -2.17. The number of aryl methyl sites for hydroxylation is 2. The molecule has 4 aromatic rings. The Morgan fingerprint density at radius 1 is 0.938 bits per heavy atom. The van der Waals surface area contributed by atoms with Gasteiger partial charge in [0.25, 0.3) is 0 Å². The average molecular weight is 450 g/mol. The molecule has 2 heterocycles. The van der Waals surface area contributed by atoms with E-state index in [-0.39, 0.29) is 4.90 Å². The van der Waals surface area contributed by atoms with Gasteiger partial charge in [-0.2, -0.15) is 4.98 Å². The zero-order valence-corrected chi connectivity index (χ0v) is 18.7. The molecule has 0 amide bonds. The van der Waals surface area contributed by atoms with Crippen LogP contribution < -0.4 is 15.4 Å². The summed E-state index contributed by atoms with van der Waals surface area (Å²) in [6, 6.07) is 12.9. The molecule has 0 aliphatic heterocycles. The Balaban J connectivity index is 1.55. The number of nitrogens with one attached hydrogen (secondary N) is 3. The van der Waals surface area contributed by atoms with Gasteiger partial charge in [-0.05, 0) is 62.9 Å². The van der Waals surface area contributed by atoms with Crippen LogP contribution in [0.4, 0.5) is 23.1 Å². The van der Waals surface area contributed by atoms with E-state index < -0.39 is 10.0 Å². The summed E-state index contributed by atoms with van der Waals surface area (Å²) in [5.74, 6) is 0.998. The summed E-state index contributed by atoms with van der Waals surface area (Å²) in [6.07, 6.45) is 7.05. The van der Waals surface area contributed by atoms with Gasteiger partial charge in [-0.1, -0.05) is 6.07 Å². The molecule has 2 aromatic carbocycles. The van der Waals surface area contributed by atoms with Gasteiger partial charge < -0.3 is 15.2 Å². The molecule has 164 valence electrons. The van der Waals surface area contributed by atoms with Crippen molar-refractivity contribution in [3.05, 3.63) is 78.5 Å². The molecule has 0 aliphatic carbocycles. The Morgan fingerprint density at radius 2 is 1.69 bits per heavy atom. The van der Waals surface area contributed by atoms with Gasteiger partial charge in [-0.15, -0.1) is 0 Å². The summed E-state index contributed by atoms with van der Waals surface area (Å²) in [6.45, 7) is 3.63. The second kappa shape index (κ2) is 8.77. The van der Waals surface area contributed by atoms with E-state index in [9.17, 15) is 8.42 Å². The predicted molar refractivity (Wildman–Crippen MR) is 124 cm³/mol. The Bertz CT molecular complexity index is 1340. The number of rotatable bonds is 7. The molecule has 0 spiro atoms. The number of benzene rings is 2. The Morgan fingerprint density at radius 3 is 2.38 bits per heavy atom. The summed E-state index contributed by atoms with van der Waals surface area (Å²) in [5.41, 5.74) is 3.92. The molecule has 9 nitrogen and oxygen atoms in total. The molecular formula is C22H23N7O2S. The molecule has 2 aromatic heterocycles. The SMILES string of the molecule is CNS(=O)(=O)c1cc(Nc2nc(Nc3ccc(-n4ccnc4)cc3)ncc2C)ccc1C. The van der Waals surface area contributed by atoms with E-state index in [0.717, 1.165) is 16.9 Å². The van der Waals surface area contributed by atoms with Crippen molar-refractivity contribution in [2.45, 2.75) is 18.7 Å². The number of hydrogen-bond donors (Lipinski definition) is 3. The van der Waals surface area contributed by atoms with Crippen LogP contribution in [0.2, 0.25) is 0 Å². The Labute approximate surface area is 186 Å². The number of anilines is 4. The van der Waals surface area contributed by atoms with Crippen LogP contribution >= 0.6 is 0 Å². The molecule has 4 rings (SSSR count). The average Bonchev–Trinajstić information content (AvgIpc) is 3.33. The third-order valence-corrected chi connectivity index (χ3v) is 6.46. The molecule has 0 saturated heterocycles. The smallest absolute Gasteiger partial charge is 0.240 e. The van der Waals surface area contributed by atoms with Gasteiger partial charge in [0, 0.05) is 41.2 Å². The summed E-state index contributed by atoms with van der Waals surface area (Å²) in [5, 5.41) is 6.39. The first kappa shape index (κ1) is 21.5. The van der Waals surface area contributed by atoms with E-state index in [2.05, 4.69) is 30.3 Å². The van der Waals surface area contributed by atoms with E-state index >= 15 is 0 Å². The van der Waals surface area contributed by atoms with Gasteiger partial charge in [0.1, 0.15) is 5.82 Å². The number of aromatic nitrogens is 4. The topological polar surface area (TPSA) is 114 Å². The Hall–Kier alpha value is -3.76. The molecular weight excluding hydrogens is 426 g/mol. The van der Waals surface area contributed by atoms with E-state index in [4.69, 9.17) is 0 Å². The van der Waals surface area contributed by atoms with Crippen molar-refractivity contribution in [3.8, 4) is 5.69 Å². The number of nitrogens with zero attached hydrogens (tertiary/aromatic N) is 4. The van der Waals surface area contributed by atoms with Gasteiger partial charge in [0.05, 0.1) is 11.2 Å². The van der Waals surface area contributed by atoms with Crippen molar-refractivity contribution in [1.29, 1.82) is 0 Å². The lowest BCUT2D eigenvalue weighted by Crippen LogP contribution is -2.19. The molecule has 0 unspecified atom stereocenters. The molecule has 0 aliphatic rings. The third kappa shape index (κ3) is 4.61. The monoisotopic (exact) mass is 449 g/mol. The van der Waals surface area contributed by atoms with Gasteiger partial charge in [-0.25, -0.2) is 23.1 Å². The van der Waals surface area contributed by atoms with Crippen LogP contribution in [0.1, 0.15) is 11.1 Å². The lowest BCUT2D eigenvalue weighted by Gasteiger charge is -2.13. The van der Waals surface area contributed by atoms with Crippen LogP contribution in [0, 0.1) is 13.8 Å². The standard InChI is InChI=1S/C22H23N7O2S/c1-15-4-5-18(12-20(15)32(30,31)23-3)26-21-16(2)13-25-22(28-21)27-17-6-8-19(9-7-17)29-11-10-24-14-29/h4-14,23H,1-3H3,(H2,25,26,27,28). The quantitative estimate of drug-likeness (QED) is 0.394. The van der Waals surface area contributed by atoms with Crippen molar-refractivity contribution in [1.82, 2.24) is 24.2 Å². The summed E-state index contributed by atoms with van der Waals surface area (Å²) < 4.78 is 28.8. The van der Waals surface area contributed by atoms with Crippen LogP contribution in [-0.4, -0.2) is 35.0 Å². The van der Waals surface area contributed by atoms with Gasteiger partial charge in [-0.3, -0.25) is 0 Å². The molecule has 0 saturated carbocycles. The molecule has 10 heteroatoms. The minimum atomic E-state index is -3.56. The number of sulfonamides is 1. The molecule has 0 fully saturated rings. The van der Waals surface area contributed by atoms with Crippen molar-refractivity contribution in [2.24, 2.45) is 0 Å². The first-order valence-electron chi connectivity index (χ1n) is 9.86. The summed E-state index contributed by atoms with van der Waals surface area (Å²) >= 11 is 0. The van der Waals surface area contributed by atoms with E-state index in [0.29, 0.717) is 23.0 Å². The predicted octanol–water partition coefficient (Wildman–Crippen LogP) is 3.67. The molecule has 0 atom stereocenters. The zero-order chi connectivity index (χ0) is 22.7. The summed E-state index contributed by atoms with van der Waals surface area (Å²) in [4.78, 5) is 13.2. The first-order chi connectivity index (χ1) is 15.4. The molecule has 32 heavy (non-hydrogen) atoms.